The third-order valence-electron chi connectivity index (χ3n) is 3.78. The second-order valence-corrected chi connectivity index (χ2v) is 5.27. The van der Waals surface area contributed by atoms with Crippen LogP contribution in [0.3, 0.4) is 0 Å². The summed E-state index contributed by atoms with van der Waals surface area (Å²) in [5.74, 6) is -0.0201. The fourth-order valence-corrected chi connectivity index (χ4v) is 2.66. The van der Waals surface area contributed by atoms with Gasteiger partial charge in [0.2, 0.25) is 0 Å². The normalized spacial score (nSPS) is 22.2. The summed E-state index contributed by atoms with van der Waals surface area (Å²) in [4.78, 5) is 10.7. The highest BCUT2D eigenvalue weighted by Crippen LogP contribution is 2.36. The first-order valence-corrected chi connectivity index (χ1v) is 7.15. The van der Waals surface area contributed by atoms with Crippen molar-refractivity contribution < 1.29 is 19.2 Å². The maximum absolute atomic E-state index is 13.2. The van der Waals surface area contributed by atoms with Gasteiger partial charge in [0.1, 0.15) is 11.9 Å². The molecule has 0 radical (unpaired) electrons. The number of halogens is 1. The van der Waals surface area contributed by atoms with Crippen LogP contribution in [0.15, 0.2) is 0 Å². The molecule has 1 heterocycles. The number of aliphatic hydroxyl groups is 1. The summed E-state index contributed by atoms with van der Waals surface area (Å²) in [6.45, 7) is 1.75. The largest absolute Gasteiger partial charge is 0.472 e. The number of alkyl halides is 1. The van der Waals surface area contributed by atoms with E-state index in [1.807, 2.05) is 0 Å². The van der Waals surface area contributed by atoms with Gasteiger partial charge in [-0.2, -0.15) is 0 Å². The van der Waals surface area contributed by atoms with E-state index < -0.39 is 11.1 Å². The molecule has 8 heteroatoms. The van der Waals surface area contributed by atoms with E-state index >= 15 is 0 Å². The minimum atomic E-state index is -0.785. The first-order valence-electron chi connectivity index (χ1n) is 7.15. The van der Waals surface area contributed by atoms with E-state index in [1.165, 1.54) is 0 Å². The molecule has 1 fully saturated rings. The van der Waals surface area contributed by atoms with Crippen molar-refractivity contribution in [1.82, 2.24) is 9.78 Å². The minimum Gasteiger partial charge on any atom is -0.472 e. The van der Waals surface area contributed by atoms with E-state index in [4.69, 9.17) is 9.84 Å². The fraction of sp³-hybridized carbons (Fsp3) is 0.769. The molecule has 0 amide bonds. The van der Waals surface area contributed by atoms with Crippen molar-refractivity contribution >= 4 is 5.69 Å². The lowest BCUT2D eigenvalue weighted by molar-refractivity contribution is -0.386. The van der Waals surface area contributed by atoms with Gasteiger partial charge in [-0.25, -0.2) is 4.39 Å². The van der Waals surface area contributed by atoms with Crippen molar-refractivity contribution in [2.24, 2.45) is 0 Å². The Bertz CT molecular complexity index is 498. The molecule has 0 spiro atoms. The third kappa shape index (κ3) is 3.49. The summed E-state index contributed by atoms with van der Waals surface area (Å²) in [5, 5.41) is 24.1. The standard InChI is InChI=1S/C13H20FN3O4/c1-9-12(17(19)20)13(21-8-2-7-18)15-16(9)11-5-3-10(14)4-6-11/h10-11,18H,2-8H2,1H3/t10-,11-. The Morgan fingerprint density at radius 3 is 2.71 bits per heavy atom. The zero-order valence-electron chi connectivity index (χ0n) is 12.0. The molecule has 118 valence electrons. The molecule has 1 saturated carbocycles. The second-order valence-electron chi connectivity index (χ2n) is 5.27. The summed E-state index contributed by atoms with van der Waals surface area (Å²) >= 11 is 0. The molecule has 0 saturated heterocycles. The van der Waals surface area contributed by atoms with E-state index in [1.54, 1.807) is 11.6 Å². The van der Waals surface area contributed by atoms with Crippen molar-refractivity contribution in [3.8, 4) is 5.88 Å². The minimum absolute atomic E-state index is 0.0201. The molecule has 1 N–H and O–H groups in total. The Kier molecular flexibility index (Phi) is 5.11. The Balaban J connectivity index is 2.21. The maximum atomic E-state index is 13.2. The highest BCUT2D eigenvalue weighted by atomic mass is 19.1. The number of aromatic nitrogens is 2. The summed E-state index contributed by atoms with van der Waals surface area (Å²) in [7, 11) is 0. The van der Waals surface area contributed by atoms with Gasteiger partial charge in [0.15, 0.2) is 0 Å². The lowest BCUT2D eigenvalue weighted by Gasteiger charge is -2.24. The molecule has 1 aliphatic rings. The maximum Gasteiger partial charge on any atom is 0.352 e. The Morgan fingerprint density at radius 2 is 2.14 bits per heavy atom. The number of hydrogen-bond acceptors (Lipinski definition) is 5. The number of aliphatic hydroxyl groups excluding tert-OH is 1. The van der Waals surface area contributed by atoms with E-state index in [-0.39, 0.29) is 30.8 Å². The molecule has 1 aliphatic carbocycles. The fourth-order valence-electron chi connectivity index (χ4n) is 2.66. The smallest absolute Gasteiger partial charge is 0.352 e. The molecule has 0 bridgehead atoms. The summed E-state index contributed by atoms with van der Waals surface area (Å²) in [6.07, 6.45) is 1.76. The zero-order valence-corrected chi connectivity index (χ0v) is 12.0. The number of hydrogen-bond donors (Lipinski definition) is 1. The van der Waals surface area contributed by atoms with Crippen LogP contribution in [0.4, 0.5) is 10.1 Å². The van der Waals surface area contributed by atoms with Crippen molar-refractivity contribution in [2.45, 2.75) is 51.2 Å². The van der Waals surface area contributed by atoms with Crippen LogP contribution in [0, 0.1) is 17.0 Å². The van der Waals surface area contributed by atoms with Crippen molar-refractivity contribution in [2.75, 3.05) is 13.2 Å². The van der Waals surface area contributed by atoms with Crippen molar-refractivity contribution in [3.05, 3.63) is 15.8 Å². The Hall–Kier alpha value is -1.70. The quantitative estimate of drug-likeness (QED) is 0.494. The molecule has 2 rings (SSSR count). The van der Waals surface area contributed by atoms with Gasteiger partial charge in [-0.3, -0.25) is 14.8 Å². The topological polar surface area (TPSA) is 90.4 Å². The predicted octanol–water partition coefficient (Wildman–Crippen LogP) is 2.31. The first-order chi connectivity index (χ1) is 10.0. The van der Waals surface area contributed by atoms with Crippen molar-refractivity contribution in [1.29, 1.82) is 0 Å². The van der Waals surface area contributed by atoms with E-state index in [9.17, 15) is 14.5 Å². The van der Waals surface area contributed by atoms with Crippen LogP contribution in [0.5, 0.6) is 5.88 Å². The van der Waals surface area contributed by atoms with Crippen molar-refractivity contribution in [3.63, 3.8) is 0 Å². The summed E-state index contributed by atoms with van der Waals surface area (Å²) < 4.78 is 20.1. The predicted molar refractivity (Wildman–Crippen MR) is 73.2 cm³/mol. The van der Waals surface area contributed by atoms with Gasteiger partial charge in [-0.15, -0.1) is 5.10 Å². The molecule has 0 unspecified atom stereocenters. The van der Waals surface area contributed by atoms with Crippen LogP contribution >= 0.6 is 0 Å². The van der Waals surface area contributed by atoms with E-state index in [0.29, 0.717) is 37.8 Å². The highest BCUT2D eigenvalue weighted by Gasteiger charge is 2.31. The number of rotatable bonds is 6. The lowest BCUT2D eigenvalue weighted by Crippen LogP contribution is -2.20. The van der Waals surface area contributed by atoms with Gasteiger partial charge in [-0.05, 0) is 32.6 Å². The monoisotopic (exact) mass is 301 g/mol. The van der Waals surface area contributed by atoms with Crippen LogP contribution in [0.2, 0.25) is 0 Å². The van der Waals surface area contributed by atoms with Crippen LogP contribution in [-0.2, 0) is 0 Å². The summed E-state index contributed by atoms with van der Waals surface area (Å²) in [5.41, 5.74) is 0.289. The molecular weight excluding hydrogens is 281 g/mol. The third-order valence-corrected chi connectivity index (χ3v) is 3.78. The molecule has 1 aromatic rings. The second kappa shape index (κ2) is 6.84. The SMILES string of the molecule is Cc1c([N+](=O)[O-])c(OCCCO)nn1[C@H]1CC[C@H](F)CC1. The number of ether oxygens (including phenoxy) is 1. The molecule has 0 aromatic carbocycles. The van der Waals surface area contributed by atoms with Crippen LogP contribution < -0.4 is 4.74 Å². The van der Waals surface area contributed by atoms with Gasteiger partial charge >= 0.3 is 11.6 Å². The van der Waals surface area contributed by atoms with E-state index in [0.717, 1.165) is 0 Å². The number of nitro groups is 1. The summed E-state index contributed by atoms with van der Waals surface area (Å²) in [6, 6.07) is -0.0223. The average Bonchev–Trinajstić information content (AvgIpc) is 2.77. The molecule has 7 nitrogen and oxygen atoms in total. The Labute approximate surface area is 121 Å². The molecule has 21 heavy (non-hydrogen) atoms. The lowest BCUT2D eigenvalue weighted by atomic mass is 9.94. The highest BCUT2D eigenvalue weighted by molar-refractivity contribution is 5.45. The van der Waals surface area contributed by atoms with Gasteiger partial charge in [0, 0.05) is 13.0 Å². The number of nitrogens with zero attached hydrogens (tertiary/aromatic N) is 3. The molecule has 0 aliphatic heterocycles. The van der Waals surface area contributed by atoms with Gasteiger partial charge in [-0.1, -0.05) is 0 Å². The van der Waals surface area contributed by atoms with Crippen LogP contribution in [-0.4, -0.2) is 39.2 Å². The van der Waals surface area contributed by atoms with Gasteiger partial charge < -0.3 is 9.84 Å². The Morgan fingerprint density at radius 1 is 1.48 bits per heavy atom. The van der Waals surface area contributed by atoms with Gasteiger partial charge in [0.05, 0.1) is 17.6 Å². The first kappa shape index (κ1) is 15.7. The van der Waals surface area contributed by atoms with Gasteiger partial charge in [0.25, 0.3) is 0 Å². The van der Waals surface area contributed by atoms with Crippen LogP contribution in [0.1, 0.15) is 43.8 Å². The van der Waals surface area contributed by atoms with E-state index in [2.05, 4.69) is 5.10 Å². The molecular formula is C13H20FN3O4. The van der Waals surface area contributed by atoms with Crippen LogP contribution in [0.25, 0.3) is 0 Å². The zero-order chi connectivity index (χ0) is 15.4. The average molecular weight is 301 g/mol. The molecule has 1 aromatic heterocycles. The molecule has 0 atom stereocenters.